The van der Waals surface area contributed by atoms with E-state index in [1.165, 1.54) is 29.7 Å². The van der Waals surface area contributed by atoms with Gasteiger partial charge in [0.15, 0.2) is 0 Å². The van der Waals surface area contributed by atoms with Gasteiger partial charge in [0.2, 0.25) is 0 Å². The first-order chi connectivity index (χ1) is 6.68. The van der Waals surface area contributed by atoms with Crippen molar-refractivity contribution in [2.45, 2.75) is 33.6 Å². The lowest BCUT2D eigenvalue weighted by Gasteiger charge is -2.04. The third-order valence-corrected chi connectivity index (χ3v) is 3.04. The summed E-state index contributed by atoms with van der Waals surface area (Å²) in [5.41, 5.74) is 5.09. The molecular weight excluding hydrogens is 170 g/mol. The summed E-state index contributed by atoms with van der Waals surface area (Å²) < 4.78 is 0. The van der Waals surface area contributed by atoms with E-state index < -0.39 is 0 Å². The van der Waals surface area contributed by atoms with Gasteiger partial charge in [0.1, 0.15) is 0 Å². The number of rotatable bonds is 2. The van der Waals surface area contributed by atoms with E-state index in [1.54, 1.807) is 0 Å². The van der Waals surface area contributed by atoms with Crippen LogP contribution in [0, 0.1) is 19.8 Å². The van der Waals surface area contributed by atoms with Crippen molar-refractivity contribution in [2.24, 2.45) is 10.9 Å². The summed E-state index contributed by atoms with van der Waals surface area (Å²) >= 11 is 0. The molecule has 0 aromatic heterocycles. The number of hydrogen-bond donors (Lipinski definition) is 0. The van der Waals surface area contributed by atoms with Crippen molar-refractivity contribution in [3.8, 4) is 0 Å². The van der Waals surface area contributed by atoms with Crippen molar-refractivity contribution in [1.29, 1.82) is 0 Å². The SMILES string of the molecule is CC(=Nc1cccc(C)c1C)C1CC1. The number of aliphatic imine (C=N–C) groups is 1. The van der Waals surface area contributed by atoms with Gasteiger partial charge in [-0.05, 0) is 56.7 Å². The van der Waals surface area contributed by atoms with Crippen molar-refractivity contribution in [3.05, 3.63) is 29.3 Å². The Morgan fingerprint density at radius 3 is 2.64 bits per heavy atom. The van der Waals surface area contributed by atoms with Crippen LogP contribution in [0.1, 0.15) is 30.9 Å². The largest absolute Gasteiger partial charge is 0.258 e. The van der Waals surface area contributed by atoms with Crippen LogP contribution in [-0.2, 0) is 0 Å². The van der Waals surface area contributed by atoms with Gasteiger partial charge in [-0.3, -0.25) is 4.99 Å². The van der Waals surface area contributed by atoms with Crippen molar-refractivity contribution >= 4 is 11.4 Å². The van der Waals surface area contributed by atoms with Gasteiger partial charge in [0.25, 0.3) is 0 Å². The molecule has 1 aromatic carbocycles. The maximum atomic E-state index is 4.70. The predicted octanol–water partition coefficient (Wildman–Crippen LogP) is 3.81. The second kappa shape index (κ2) is 3.56. The van der Waals surface area contributed by atoms with Gasteiger partial charge in [-0.25, -0.2) is 0 Å². The molecule has 74 valence electrons. The molecule has 2 rings (SSSR count). The predicted molar refractivity (Wildman–Crippen MR) is 61.4 cm³/mol. The normalized spacial score (nSPS) is 17.2. The maximum Gasteiger partial charge on any atom is 0.0660 e. The van der Waals surface area contributed by atoms with Crippen LogP contribution in [0.25, 0.3) is 0 Å². The molecule has 1 nitrogen and oxygen atoms in total. The van der Waals surface area contributed by atoms with E-state index in [4.69, 9.17) is 4.99 Å². The van der Waals surface area contributed by atoms with Crippen LogP contribution < -0.4 is 0 Å². The summed E-state index contributed by atoms with van der Waals surface area (Å²) in [6.45, 7) is 6.44. The summed E-state index contributed by atoms with van der Waals surface area (Å²) in [5, 5.41) is 0. The minimum absolute atomic E-state index is 0.773. The topological polar surface area (TPSA) is 12.4 Å². The molecule has 1 aromatic rings. The van der Waals surface area contributed by atoms with Gasteiger partial charge in [-0.1, -0.05) is 12.1 Å². The molecule has 0 spiro atoms. The van der Waals surface area contributed by atoms with Crippen molar-refractivity contribution in [3.63, 3.8) is 0 Å². The first kappa shape index (κ1) is 9.45. The second-order valence-corrected chi connectivity index (χ2v) is 4.25. The van der Waals surface area contributed by atoms with E-state index in [-0.39, 0.29) is 0 Å². The summed E-state index contributed by atoms with van der Waals surface area (Å²) in [5.74, 6) is 0.773. The zero-order chi connectivity index (χ0) is 10.1. The first-order valence-electron chi connectivity index (χ1n) is 5.30. The molecular formula is C13H17N. The van der Waals surface area contributed by atoms with Crippen LogP contribution in [0.3, 0.4) is 0 Å². The quantitative estimate of drug-likeness (QED) is 0.624. The molecule has 0 saturated heterocycles. The molecule has 1 fully saturated rings. The van der Waals surface area contributed by atoms with Gasteiger partial charge >= 0.3 is 0 Å². The van der Waals surface area contributed by atoms with E-state index in [0.29, 0.717) is 0 Å². The maximum absolute atomic E-state index is 4.70. The molecule has 0 amide bonds. The monoisotopic (exact) mass is 187 g/mol. The van der Waals surface area contributed by atoms with Crippen LogP contribution in [0.4, 0.5) is 5.69 Å². The second-order valence-electron chi connectivity index (χ2n) is 4.25. The van der Waals surface area contributed by atoms with Crippen molar-refractivity contribution in [2.75, 3.05) is 0 Å². The Balaban J connectivity index is 2.31. The van der Waals surface area contributed by atoms with Gasteiger partial charge in [0, 0.05) is 5.71 Å². The Hall–Kier alpha value is -1.11. The third-order valence-electron chi connectivity index (χ3n) is 3.04. The van der Waals surface area contributed by atoms with Crippen LogP contribution in [-0.4, -0.2) is 5.71 Å². The third kappa shape index (κ3) is 1.87. The highest BCUT2D eigenvalue weighted by Crippen LogP contribution is 2.32. The molecule has 0 heterocycles. The zero-order valence-corrected chi connectivity index (χ0v) is 9.17. The highest BCUT2D eigenvalue weighted by molar-refractivity contribution is 5.89. The van der Waals surface area contributed by atoms with E-state index in [1.807, 2.05) is 0 Å². The summed E-state index contributed by atoms with van der Waals surface area (Å²) in [7, 11) is 0. The minimum Gasteiger partial charge on any atom is -0.258 e. The van der Waals surface area contributed by atoms with Gasteiger partial charge in [-0.15, -0.1) is 0 Å². The van der Waals surface area contributed by atoms with E-state index in [9.17, 15) is 0 Å². The highest BCUT2D eigenvalue weighted by Gasteiger charge is 2.24. The average molecular weight is 187 g/mol. The Kier molecular flexibility index (Phi) is 2.40. The summed E-state index contributed by atoms with van der Waals surface area (Å²) in [6.07, 6.45) is 2.67. The Morgan fingerprint density at radius 2 is 2.00 bits per heavy atom. The van der Waals surface area contributed by atoms with Gasteiger partial charge in [0.05, 0.1) is 5.69 Å². The first-order valence-corrected chi connectivity index (χ1v) is 5.30. The van der Waals surface area contributed by atoms with Gasteiger partial charge < -0.3 is 0 Å². The number of aryl methyl sites for hydroxylation is 1. The van der Waals surface area contributed by atoms with Crippen LogP contribution >= 0.6 is 0 Å². The van der Waals surface area contributed by atoms with Gasteiger partial charge in [-0.2, -0.15) is 0 Å². The molecule has 1 aliphatic rings. The van der Waals surface area contributed by atoms with Crippen LogP contribution in [0.15, 0.2) is 23.2 Å². The van der Waals surface area contributed by atoms with Crippen LogP contribution in [0.2, 0.25) is 0 Å². The minimum atomic E-state index is 0.773. The molecule has 0 radical (unpaired) electrons. The fourth-order valence-corrected chi connectivity index (χ4v) is 1.64. The molecule has 1 saturated carbocycles. The standard InChI is InChI=1S/C13H17N/c1-9-5-4-6-13(10(9)2)14-11(3)12-7-8-12/h4-6,12H,7-8H2,1-3H3. The zero-order valence-electron chi connectivity index (χ0n) is 9.17. The van der Waals surface area contributed by atoms with Crippen molar-refractivity contribution < 1.29 is 0 Å². The molecule has 14 heavy (non-hydrogen) atoms. The van der Waals surface area contributed by atoms with E-state index in [2.05, 4.69) is 39.0 Å². The fraction of sp³-hybridized carbons (Fsp3) is 0.462. The smallest absolute Gasteiger partial charge is 0.0660 e. The number of benzene rings is 1. The molecule has 0 unspecified atom stereocenters. The molecule has 1 aliphatic carbocycles. The average Bonchev–Trinajstić information content (AvgIpc) is 2.95. The lowest BCUT2D eigenvalue weighted by Crippen LogP contribution is -1.93. The molecule has 0 bridgehead atoms. The Labute approximate surface area is 85.9 Å². The van der Waals surface area contributed by atoms with E-state index in [0.717, 1.165) is 11.6 Å². The molecule has 0 N–H and O–H groups in total. The number of hydrogen-bond acceptors (Lipinski definition) is 1. The lowest BCUT2D eigenvalue weighted by atomic mass is 10.1. The summed E-state index contributed by atoms with van der Waals surface area (Å²) in [6, 6.07) is 6.33. The molecule has 0 atom stereocenters. The Bertz CT molecular complexity index is 373. The van der Waals surface area contributed by atoms with Crippen molar-refractivity contribution in [1.82, 2.24) is 0 Å². The van der Waals surface area contributed by atoms with E-state index >= 15 is 0 Å². The molecule has 0 aliphatic heterocycles. The Morgan fingerprint density at radius 1 is 1.29 bits per heavy atom. The summed E-state index contributed by atoms with van der Waals surface area (Å²) in [4.78, 5) is 4.70. The van der Waals surface area contributed by atoms with Crippen LogP contribution in [0.5, 0.6) is 0 Å². The molecule has 1 heteroatoms. The number of nitrogens with zero attached hydrogens (tertiary/aromatic N) is 1. The highest BCUT2D eigenvalue weighted by atomic mass is 14.8. The lowest BCUT2D eigenvalue weighted by molar-refractivity contribution is 1.16. The fourth-order valence-electron chi connectivity index (χ4n) is 1.64.